The number of nitrogens with two attached hydrogens (primary N) is 1. The minimum Gasteiger partial charge on any atom is -0.365 e. The Morgan fingerprint density at radius 3 is 2.50 bits per heavy atom. The number of rotatable bonds is 2. The van der Waals surface area contributed by atoms with E-state index in [-0.39, 0.29) is 5.57 Å². The van der Waals surface area contributed by atoms with E-state index in [0.29, 0.717) is 21.2 Å². The zero-order valence-corrected chi connectivity index (χ0v) is 9.93. The molecule has 0 aliphatic rings. The standard InChI is InChI=1S/C11H8Cl2N2O/c1-6(9(5-14)11(15)16)8-3-2-7(12)4-10(8)13/h2-4H,1H3,(H2,15,16)/b9-6+. The van der Waals surface area contributed by atoms with Gasteiger partial charge >= 0.3 is 0 Å². The topological polar surface area (TPSA) is 66.9 Å². The number of primary amides is 1. The third-order valence-electron chi connectivity index (χ3n) is 2.07. The van der Waals surface area contributed by atoms with Gasteiger partial charge < -0.3 is 5.73 Å². The highest BCUT2D eigenvalue weighted by Crippen LogP contribution is 2.28. The Kier molecular flexibility index (Phi) is 3.94. The van der Waals surface area contributed by atoms with Crippen molar-refractivity contribution in [2.45, 2.75) is 6.92 Å². The van der Waals surface area contributed by atoms with Crippen LogP contribution in [0.5, 0.6) is 0 Å². The average Bonchev–Trinajstić information content (AvgIpc) is 2.17. The predicted molar refractivity (Wildman–Crippen MR) is 63.9 cm³/mol. The molecule has 0 aromatic heterocycles. The van der Waals surface area contributed by atoms with Crippen molar-refractivity contribution in [3.05, 3.63) is 39.4 Å². The number of halogens is 2. The number of amides is 1. The molecule has 0 aliphatic heterocycles. The Hall–Kier alpha value is -1.50. The van der Waals surface area contributed by atoms with Crippen LogP contribution < -0.4 is 5.73 Å². The van der Waals surface area contributed by atoms with Crippen LogP contribution in [0.4, 0.5) is 0 Å². The van der Waals surface area contributed by atoms with Crippen LogP contribution in [0, 0.1) is 11.3 Å². The van der Waals surface area contributed by atoms with Gasteiger partial charge in [-0.2, -0.15) is 5.26 Å². The maximum atomic E-state index is 11.0. The number of hydrogen-bond acceptors (Lipinski definition) is 2. The highest BCUT2D eigenvalue weighted by molar-refractivity contribution is 6.35. The maximum Gasteiger partial charge on any atom is 0.259 e. The number of hydrogen-bond donors (Lipinski definition) is 1. The van der Waals surface area contributed by atoms with Gasteiger partial charge in [-0.15, -0.1) is 0 Å². The number of nitrogens with zero attached hydrogens (tertiary/aromatic N) is 1. The van der Waals surface area contributed by atoms with Crippen molar-refractivity contribution in [3.63, 3.8) is 0 Å². The number of carbonyl (C=O) groups excluding carboxylic acids is 1. The predicted octanol–water partition coefficient (Wildman–Crippen LogP) is 2.78. The summed E-state index contributed by atoms with van der Waals surface area (Å²) in [4.78, 5) is 11.0. The van der Waals surface area contributed by atoms with Gasteiger partial charge in [0.05, 0.1) is 0 Å². The molecule has 1 aromatic carbocycles. The molecule has 2 N–H and O–H groups in total. The van der Waals surface area contributed by atoms with Gasteiger partial charge in [-0.05, 0) is 30.2 Å². The van der Waals surface area contributed by atoms with Crippen LogP contribution in [0.25, 0.3) is 5.57 Å². The first-order valence-electron chi connectivity index (χ1n) is 4.33. The van der Waals surface area contributed by atoms with E-state index in [2.05, 4.69) is 0 Å². The number of allylic oxidation sites excluding steroid dienone is 1. The quantitative estimate of drug-likeness (QED) is 0.652. The third-order valence-corrected chi connectivity index (χ3v) is 2.62. The molecule has 0 spiro atoms. The lowest BCUT2D eigenvalue weighted by Crippen LogP contribution is -2.14. The van der Waals surface area contributed by atoms with Crippen molar-refractivity contribution in [2.75, 3.05) is 0 Å². The maximum absolute atomic E-state index is 11.0. The molecule has 1 rings (SSSR count). The molecule has 0 fully saturated rings. The van der Waals surface area contributed by atoms with Crippen LogP contribution in [0.15, 0.2) is 23.8 Å². The average molecular weight is 255 g/mol. The SMILES string of the molecule is C/C(=C(/C#N)C(N)=O)c1ccc(Cl)cc1Cl. The summed E-state index contributed by atoms with van der Waals surface area (Å²) in [6, 6.07) is 6.56. The van der Waals surface area contributed by atoms with Crippen molar-refractivity contribution in [3.8, 4) is 6.07 Å². The molecule has 0 saturated heterocycles. The summed E-state index contributed by atoms with van der Waals surface area (Å²) >= 11 is 11.7. The van der Waals surface area contributed by atoms with Gasteiger partial charge in [-0.3, -0.25) is 4.79 Å². The molecular formula is C11H8Cl2N2O. The lowest BCUT2D eigenvalue weighted by atomic mass is 10.0. The summed E-state index contributed by atoms with van der Waals surface area (Å²) in [5.74, 6) is -0.772. The number of benzene rings is 1. The highest BCUT2D eigenvalue weighted by atomic mass is 35.5. The second kappa shape index (κ2) is 5.02. The van der Waals surface area contributed by atoms with Crippen molar-refractivity contribution >= 4 is 34.7 Å². The van der Waals surface area contributed by atoms with Crippen molar-refractivity contribution in [1.82, 2.24) is 0 Å². The van der Waals surface area contributed by atoms with E-state index in [0.717, 1.165) is 0 Å². The molecule has 1 aromatic rings. The Bertz CT molecular complexity index is 515. The monoisotopic (exact) mass is 254 g/mol. The van der Waals surface area contributed by atoms with Crippen LogP contribution in [0.3, 0.4) is 0 Å². The molecule has 0 unspecified atom stereocenters. The van der Waals surface area contributed by atoms with E-state index in [4.69, 9.17) is 34.2 Å². The molecule has 5 heteroatoms. The lowest BCUT2D eigenvalue weighted by molar-refractivity contribution is -0.114. The molecule has 0 radical (unpaired) electrons. The summed E-state index contributed by atoms with van der Waals surface area (Å²) in [5.41, 5.74) is 5.98. The van der Waals surface area contributed by atoms with Gasteiger partial charge in [-0.1, -0.05) is 29.3 Å². The zero-order valence-electron chi connectivity index (χ0n) is 8.42. The molecule has 0 atom stereocenters. The molecule has 0 aliphatic carbocycles. The summed E-state index contributed by atoms with van der Waals surface area (Å²) < 4.78 is 0. The van der Waals surface area contributed by atoms with Gasteiger partial charge in [0.2, 0.25) is 0 Å². The first-order valence-corrected chi connectivity index (χ1v) is 5.09. The molecule has 82 valence electrons. The summed E-state index contributed by atoms with van der Waals surface area (Å²) in [5, 5.41) is 9.66. The smallest absolute Gasteiger partial charge is 0.259 e. The molecule has 0 bridgehead atoms. The van der Waals surface area contributed by atoms with E-state index in [1.807, 2.05) is 0 Å². The first kappa shape index (κ1) is 12.6. The number of carbonyl (C=O) groups is 1. The van der Waals surface area contributed by atoms with Crippen molar-refractivity contribution in [2.24, 2.45) is 5.73 Å². The van der Waals surface area contributed by atoms with Crippen LogP contribution >= 0.6 is 23.2 Å². The van der Waals surface area contributed by atoms with Crippen LogP contribution in [0.2, 0.25) is 10.0 Å². The van der Waals surface area contributed by atoms with Crippen molar-refractivity contribution in [1.29, 1.82) is 5.26 Å². The third kappa shape index (κ3) is 2.54. The fraction of sp³-hybridized carbons (Fsp3) is 0.0909. The summed E-state index contributed by atoms with van der Waals surface area (Å²) in [6.45, 7) is 1.61. The minimum atomic E-state index is -0.772. The Balaban J connectivity index is 3.40. The van der Waals surface area contributed by atoms with Crippen LogP contribution in [-0.2, 0) is 4.79 Å². The van der Waals surface area contributed by atoms with Gasteiger partial charge in [0.15, 0.2) is 0 Å². The molecule has 0 saturated carbocycles. The van der Waals surface area contributed by atoms with E-state index in [1.54, 1.807) is 25.1 Å². The molecule has 0 heterocycles. The van der Waals surface area contributed by atoms with E-state index in [9.17, 15) is 4.79 Å². The van der Waals surface area contributed by atoms with Gasteiger partial charge in [0, 0.05) is 10.0 Å². The fourth-order valence-corrected chi connectivity index (χ4v) is 1.80. The van der Waals surface area contributed by atoms with E-state index in [1.165, 1.54) is 6.07 Å². The van der Waals surface area contributed by atoms with Gasteiger partial charge in [0.1, 0.15) is 11.6 Å². The fourth-order valence-electron chi connectivity index (χ4n) is 1.25. The Morgan fingerprint density at radius 1 is 1.44 bits per heavy atom. The lowest BCUT2D eigenvalue weighted by Gasteiger charge is -2.06. The van der Waals surface area contributed by atoms with Crippen LogP contribution in [-0.4, -0.2) is 5.91 Å². The highest BCUT2D eigenvalue weighted by Gasteiger charge is 2.12. The first-order chi connectivity index (χ1) is 7.47. The molecule has 16 heavy (non-hydrogen) atoms. The zero-order chi connectivity index (χ0) is 12.3. The minimum absolute atomic E-state index is 0.107. The van der Waals surface area contributed by atoms with Gasteiger partial charge in [-0.25, -0.2) is 0 Å². The second-order valence-electron chi connectivity index (χ2n) is 3.10. The molecular weight excluding hydrogens is 247 g/mol. The summed E-state index contributed by atoms with van der Waals surface area (Å²) in [7, 11) is 0. The van der Waals surface area contributed by atoms with E-state index >= 15 is 0 Å². The Labute approximate surface area is 103 Å². The normalized spacial score (nSPS) is 11.6. The van der Waals surface area contributed by atoms with E-state index < -0.39 is 5.91 Å². The molecule has 3 nitrogen and oxygen atoms in total. The number of nitriles is 1. The molecule has 1 amide bonds. The van der Waals surface area contributed by atoms with Crippen LogP contribution in [0.1, 0.15) is 12.5 Å². The largest absolute Gasteiger partial charge is 0.365 e. The van der Waals surface area contributed by atoms with Gasteiger partial charge in [0.25, 0.3) is 5.91 Å². The van der Waals surface area contributed by atoms with Crippen molar-refractivity contribution < 1.29 is 4.79 Å². The summed E-state index contributed by atoms with van der Waals surface area (Å²) in [6.07, 6.45) is 0. The Morgan fingerprint density at radius 2 is 2.06 bits per heavy atom. The second-order valence-corrected chi connectivity index (χ2v) is 3.94.